The highest BCUT2D eigenvalue weighted by Gasteiger charge is 2.21. The van der Waals surface area contributed by atoms with Gasteiger partial charge in [-0.15, -0.1) is 0 Å². The SMILES string of the molecule is CC1CCN(C(=O)c2ccc(CN3CCN(c4ccccc4)CC3)cc2)CC1. The average molecular weight is 378 g/mol. The Hall–Kier alpha value is -2.33. The van der Waals surface area contributed by atoms with Crippen LogP contribution in [-0.4, -0.2) is 55.0 Å². The quantitative estimate of drug-likeness (QED) is 0.809. The summed E-state index contributed by atoms with van der Waals surface area (Å²) in [5.74, 6) is 0.934. The van der Waals surface area contributed by atoms with Crippen LogP contribution in [0.25, 0.3) is 0 Å². The van der Waals surface area contributed by atoms with Crippen molar-refractivity contribution in [1.29, 1.82) is 0 Å². The lowest BCUT2D eigenvalue weighted by atomic mass is 9.98. The molecular weight excluding hydrogens is 346 g/mol. The fourth-order valence-corrected chi connectivity index (χ4v) is 4.21. The second kappa shape index (κ2) is 8.78. The van der Waals surface area contributed by atoms with E-state index in [4.69, 9.17) is 0 Å². The number of benzene rings is 2. The first-order valence-corrected chi connectivity index (χ1v) is 10.6. The maximum atomic E-state index is 12.7. The van der Waals surface area contributed by atoms with E-state index >= 15 is 0 Å². The number of carbonyl (C=O) groups excluding carboxylic acids is 1. The number of para-hydroxylation sites is 1. The molecule has 0 bridgehead atoms. The lowest BCUT2D eigenvalue weighted by Gasteiger charge is -2.36. The summed E-state index contributed by atoms with van der Waals surface area (Å²) in [6.07, 6.45) is 2.25. The van der Waals surface area contributed by atoms with Gasteiger partial charge in [0.1, 0.15) is 0 Å². The van der Waals surface area contributed by atoms with Crippen molar-refractivity contribution in [3.05, 3.63) is 65.7 Å². The van der Waals surface area contributed by atoms with Crippen molar-refractivity contribution in [2.45, 2.75) is 26.3 Å². The highest BCUT2D eigenvalue weighted by Crippen LogP contribution is 2.20. The molecule has 2 aromatic rings. The number of rotatable bonds is 4. The molecule has 4 rings (SSSR count). The maximum Gasteiger partial charge on any atom is 0.253 e. The number of piperidine rings is 1. The van der Waals surface area contributed by atoms with Gasteiger partial charge in [-0.25, -0.2) is 0 Å². The number of anilines is 1. The Balaban J connectivity index is 1.29. The zero-order chi connectivity index (χ0) is 19.3. The van der Waals surface area contributed by atoms with E-state index in [0.29, 0.717) is 0 Å². The van der Waals surface area contributed by atoms with Crippen LogP contribution in [0.3, 0.4) is 0 Å². The van der Waals surface area contributed by atoms with Crippen molar-refractivity contribution in [3.63, 3.8) is 0 Å². The lowest BCUT2D eigenvalue weighted by Crippen LogP contribution is -2.45. The summed E-state index contributed by atoms with van der Waals surface area (Å²) in [6.45, 7) is 9.29. The van der Waals surface area contributed by atoms with Crippen LogP contribution in [0.15, 0.2) is 54.6 Å². The molecular formula is C24H31N3O. The zero-order valence-corrected chi connectivity index (χ0v) is 16.9. The Bertz CT molecular complexity index is 758. The van der Waals surface area contributed by atoms with Crippen LogP contribution in [0.1, 0.15) is 35.7 Å². The molecule has 4 heteroatoms. The van der Waals surface area contributed by atoms with Crippen molar-refractivity contribution < 1.29 is 4.79 Å². The summed E-state index contributed by atoms with van der Waals surface area (Å²) in [4.78, 5) is 19.7. The van der Waals surface area contributed by atoms with Gasteiger partial charge < -0.3 is 9.80 Å². The third-order valence-electron chi connectivity index (χ3n) is 6.17. The Labute approximate surface area is 168 Å². The molecule has 4 nitrogen and oxygen atoms in total. The maximum absolute atomic E-state index is 12.7. The molecule has 2 aromatic carbocycles. The van der Waals surface area contributed by atoms with Crippen LogP contribution < -0.4 is 4.90 Å². The Morgan fingerprint density at radius 1 is 0.857 bits per heavy atom. The van der Waals surface area contributed by atoms with Crippen LogP contribution in [0.2, 0.25) is 0 Å². The second-order valence-corrected chi connectivity index (χ2v) is 8.27. The van der Waals surface area contributed by atoms with E-state index in [9.17, 15) is 4.79 Å². The van der Waals surface area contributed by atoms with Gasteiger partial charge in [-0.2, -0.15) is 0 Å². The molecule has 0 aromatic heterocycles. The molecule has 2 heterocycles. The van der Waals surface area contributed by atoms with E-state index in [1.54, 1.807) is 0 Å². The predicted molar refractivity (Wildman–Crippen MR) is 115 cm³/mol. The predicted octanol–water partition coefficient (Wildman–Crippen LogP) is 3.88. The Morgan fingerprint density at radius 2 is 1.50 bits per heavy atom. The topological polar surface area (TPSA) is 26.8 Å². The molecule has 0 spiro atoms. The van der Waals surface area contributed by atoms with Crippen LogP contribution in [0, 0.1) is 5.92 Å². The zero-order valence-electron chi connectivity index (χ0n) is 16.9. The first kappa shape index (κ1) is 19.0. The molecule has 0 atom stereocenters. The Morgan fingerprint density at radius 3 is 2.14 bits per heavy atom. The molecule has 1 amide bonds. The first-order valence-electron chi connectivity index (χ1n) is 10.6. The minimum Gasteiger partial charge on any atom is -0.369 e. The van der Waals surface area contributed by atoms with Crippen LogP contribution in [-0.2, 0) is 6.54 Å². The molecule has 0 radical (unpaired) electrons. The second-order valence-electron chi connectivity index (χ2n) is 8.27. The van der Waals surface area contributed by atoms with Gasteiger partial charge in [0.15, 0.2) is 0 Å². The van der Waals surface area contributed by atoms with E-state index in [1.165, 1.54) is 11.3 Å². The van der Waals surface area contributed by atoms with Crippen molar-refractivity contribution in [3.8, 4) is 0 Å². The minimum absolute atomic E-state index is 0.190. The smallest absolute Gasteiger partial charge is 0.253 e. The molecule has 0 saturated carbocycles. The van der Waals surface area contributed by atoms with Crippen molar-refractivity contribution >= 4 is 11.6 Å². The standard InChI is InChI=1S/C24H31N3O/c1-20-11-13-27(14-12-20)24(28)22-9-7-21(8-10-22)19-25-15-17-26(18-16-25)23-5-3-2-4-6-23/h2-10,20H,11-19H2,1H3. The summed E-state index contributed by atoms with van der Waals surface area (Å²) in [7, 11) is 0. The number of likely N-dealkylation sites (tertiary alicyclic amines) is 1. The average Bonchev–Trinajstić information content (AvgIpc) is 2.75. The fraction of sp³-hybridized carbons (Fsp3) is 0.458. The van der Waals surface area contributed by atoms with Gasteiger partial charge in [0, 0.05) is 57.1 Å². The summed E-state index contributed by atoms with van der Waals surface area (Å²) < 4.78 is 0. The van der Waals surface area contributed by atoms with Gasteiger partial charge in [-0.3, -0.25) is 9.69 Å². The molecule has 2 aliphatic rings. The largest absolute Gasteiger partial charge is 0.369 e. The fourth-order valence-electron chi connectivity index (χ4n) is 4.21. The van der Waals surface area contributed by atoms with Crippen LogP contribution in [0.4, 0.5) is 5.69 Å². The van der Waals surface area contributed by atoms with E-state index in [1.807, 2.05) is 17.0 Å². The number of amides is 1. The summed E-state index contributed by atoms with van der Waals surface area (Å²) >= 11 is 0. The number of hydrogen-bond acceptors (Lipinski definition) is 3. The molecule has 2 saturated heterocycles. The van der Waals surface area contributed by atoms with Gasteiger partial charge in [-0.1, -0.05) is 37.3 Å². The Kier molecular flexibility index (Phi) is 5.96. The van der Waals surface area contributed by atoms with E-state index in [0.717, 1.165) is 70.1 Å². The normalized spacial score (nSPS) is 19.0. The van der Waals surface area contributed by atoms with Gasteiger partial charge >= 0.3 is 0 Å². The highest BCUT2D eigenvalue weighted by atomic mass is 16.2. The molecule has 0 aliphatic carbocycles. The first-order chi connectivity index (χ1) is 13.7. The third kappa shape index (κ3) is 4.56. The van der Waals surface area contributed by atoms with Gasteiger partial charge in [0.25, 0.3) is 5.91 Å². The third-order valence-corrected chi connectivity index (χ3v) is 6.17. The lowest BCUT2D eigenvalue weighted by molar-refractivity contribution is 0.0697. The van der Waals surface area contributed by atoms with Crippen LogP contribution in [0.5, 0.6) is 0 Å². The van der Waals surface area contributed by atoms with Crippen molar-refractivity contribution in [1.82, 2.24) is 9.80 Å². The van der Waals surface area contributed by atoms with Gasteiger partial charge in [-0.05, 0) is 48.6 Å². The highest BCUT2D eigenvalue weighted by molar-refractivity contribution is 5.94. The van der Waals surface area contributed by atoms with Crippen molar-refractivity contribution in [2.75, 3.05) is 44.2 Å². The van der Waals surface area contributed by atoms with Crippen LogP contribution >= 0.6 is 0 Å². The summed E-state index contributed by atoms with van der Waals surface area (Å²) in [5, 5.41) is 0. The summed E-state index contributed by atoms with van der Waals surface area (Å²) in [5.41, 5.74) is 3.43. The van der Waals surface area contributed by atoms with Gasteiger partial charge in [0.2, 0.25) is 0 Å². The van der Waals surface area contributed by atoms with E-state index < -0.39 is 0 Å². The monoisotopic (exact) mass is 377 g/mol. The minimum atomic E-state index is 0.190. The molecule has 2 fully saturated rings. The number of piperazine rings is 1. The number of nitrogens with zero attached hydrogens (tertiary/aromatic N) is 3. The number of carbonyl (C=O) groups is 1. The van der Waals surface area contributed by atoms with E-state index in [-0.39, 0.29) is 5.91 Å². The molecule has 2 aliphatic heterocycles. The summed E-state index contributed by atoms with van der Waals surface area (Å²) in [6, 6.07) is 18.9. The van der Waals surface area contributed by atoms with Gasteiger partial charge in [0.05, 0.1) is 0 Å². The molecule has 148 valence electrons. The number of hydrogen-bond donors (Lipinski definition) is 0. The molecule has 0 N–H and O–H groups in total. The molecule has 0 unspecified atom stereocenters. The van der Waals surface area contributed by atoms with E-state index in [2.05, 4.69) is 59.2 Å². The van der Waals surface area contributed by atoms with Crippen molar-refractivity contribution in [2.24, 2.45) is 5.92 Å². The molecule has 28 heavy (non-hydrogen) atoms.